The number of fused-ring (bicyclic) bond motifs is 1. The number of benzene rings is 2. The van der Waals surface area contributed by atoms with Gasteiger partial charge in [0.25, 0.3) is 0 Å². The van der Waals surface area contributed by atoms with Crippen molar-refractivity contribution in [1.82, 2.24) is 0 Å². The summed E-state index contributed by atoms with van der Waals surface area (Å²) in [5.41, 5.74) is 0.0467. The number of hydrogen-bond acceptors (Lipinski definition) is 4. The molecule has 0 atom stereocenters. The summed E-state index contributed by atoms with van der Waals surface area (Å²) in [6, 6.07) is 10.4. The Labute approximate surface area is 122 Å². The molecule has 0 radical (unpaired) electrons. The Bertz CT molecular complexity index is 675. The number of ether oxygens (including phenoxy) is 2. The average Bonchev–Trinajstić information content (AvgIpc) is 2.43. The maximum atomic E-state index is 11.5. The topological polar surface area (TPSA) is 72.8 Å². The van der Waals surface area contributed by atoms with E-state index < -0.39 is 11.9 Å². The first-order valence-electron chi connectivity index (χ1n) is 6.56. The number of carbonyl (C=O) groups excluding carboxylic acids is 1. The molecule has 0 heterocycles. The molecule has 1 N–H and O–H groups in total. The second kappa shape index (κ2) is 6.26. The second-order valence-corrected chi connectivity index (χ2v) is 4.79. The SMILES string of the molecule is CC(C)OC(=O)COc1ccc2ccccc2c1C(=O)O. The molecule has 2 aromatic rings. The van der Waals surface area contributed by atoms with Crippen molar-refractivity contribution < 1.29 is 24.2 Å². The molecule has 0 spiro atoms. The van der Waals surface area contributed by atoms with Crippen LogP contribution < -0.4 is 4.74 Å². The van der Waals surface area contributed by atoms with Gasteiger partial charge in [0.15, 0.2) is 6.61 Å². The monoisotopic (exact) mass is 288 g/mol. The van der Waals surface area contributed by atoms with E-state index in [1.807, 2.05) is 12.1 Å². The minimum Gasteiger partial charge on any atom is -0.481 e. The van der Waals surface area contributed by atoms with Crippen LogP contribution in [0.3, 0.4) is 0 Å². The number of esters is 1. The normalized spacial score (nSPS) is 10.6. The third kappa shape index (κ3) is 3.51. The highest BCUT2D eigenvalue weighted by Gasteiger charge is 2.17. The summed E-state index contributed by atoms with van der Waals surface area (Å²) in [7, 11) is 0. The summed E-state index contributed by atoms with van der Waals surface area (Å²) in [4.78, 5) is 22.9. The smallest absolute Gasteiger partial charge is 0.344 e. The van der Waals surface area contributed by atoms with E-state index in [1.54, 1.807) is 38.1 Å². The fraction of sp³-hybridized carbons (Fsp3) is 0.250. The van der Waals surface area contributed by atoms with Crippen LogP contribution in [0.15, 0.2) is 36.4 Å². The molecule has 110 valence electrons. The van der Waals surface area contributed by atoms with Crippen molar-refractivity contribution in [3.63, 3.8) is 0 Å². The van der Waals surface area contributed by atoms with Crippen LogP contribution in [0.25, 0.3) is 10.8 Å². The Balaban J connectivity index is 2.29. The first-order valence-corrected chi connectivity index (χ1v) is 6.56. The highest BCUT2D eigenvalue weighted by molar-refractivity contribution is 6.06. The fourth-order valence-electron chi connectivity index (χ4n) is 2.03. The van der Waals surface area contributed by atoms with Crippen LogP contribution in [0.1, 0.15) is 24.2 Å². The zero-order valence-electron chi connectivity index (χ0n) is 11.8. The number of carboxylic acids is 1. The van der Waals surface area contributed by atoms with Crippen molar-refractivity contribution in [3.05, 3.63) is 42.0 Å². The van der Waals surface area contributed by atoms with Gasteiger partial charge in [0, 0.05) is 0 Å². The third-order valence-corrected chi connectivity index (χ3v) is 2.82. The molecule has 21 heavy (non-hydrogen) atoms. The van der Waals surface area contributed by atoms with Crippen molar-refractivity contribution in [2.75, 3.05) is 6.61 Å². The largest absolute Gasteiger partial charge is 0.481 e. The van der Waals surface area contributed by atoms with Gasteiger partial charge in [-0.3, -0.25) is 0 Å². The molecule has 0 aliphatic carbocycles. The van der Waals surface area contributed by atoms with Crippen molar-refractivity contribution in [2.24, 2.45) is 0 Å². The van der Waals surface area contributed by atoms with E-state index in [0.717, 1.165) is 5.39 Å². The van der Waals surface area contributed by atoms with Gasteiger partial charge < -0.3 is 14.6 Å². The van der Waals surface area contributed by atoms with Crippen LogP contribution in [0.2, 0.25) is 0 Å². The van der Waals surface area contributed by atoms with Crippen LogP contribution >= 0.6 is 0 Å². The number of aromatic carboxylic acids is 1. The van der Waals surface area contributed by atoms with Gasteiger partial charge in [0.2, 0.25) is 0 Å². The molecule has 0 aromatic heterocycles. The molecule has 5 heteroatoms. The Hall–Kier alpha value is -2.56. The Morgan fingerprint density at radius 1 is 1.14 bits per heavy atom. The number of hydrogen-bond donors (Lipinski definition) is 1. The zero-order chi connectivity index (χ0) is 15.4. The predicted octanol–water partition coefficient (Wildman–Crippen LogP) is 2.87. The van der Waals surface area contributed by atoms with Crippen molar-refractivity contribution in [3.8, 4) is 5.75 Å². The molecule has 5 nitrogen and oxygen atoms in total. The van der Waals surface area contributed by atoms with Crippen molar-refractivity contribution in [1.29, 1.82) is 0 Å². The lowest BCUT2D eigenvalue weighted by molar-refractivity contribution is -0.149. The molecule has 0 saturated carbocycles. The van der Waals surface area contributed by atoms with Crippen LogP contribution in [0.5, 0.6) is 5.75 Å². The highest BCUT2D eigenvalue weighted by Crippen LogP contribution is 2.28. The van der Waals surface area contributed by atoms with Crippen LogP contribution in [-0.2, 0) is 9.53 Å². The molecule has 0 amide bonds. The van der Waals surface area contributed by atoms with Gasteiger partial charge in [-0.1, -0.05) is 30.3 Å². The molecule has 0 aliphatic rings. The molecule has 2 aromatic carbocycles. The maximum absolute atomic E-state index is 11.5. The van der Waals surface area contributed by atoms with E-state index in [1.165, 1.54) is 0 Å². The summed E-state index contributed by atoms with van der Waals surface area (Å²) in [5, 5.41) is 10.7. The summed E-state index contributed by atoms with van der Waals surface area (Å²) in [5.74, 6) is -1.48. The molecule has 0 saturated heterocycles. The van der Waals surface area contributed by atoms with Gasteiger partial charge in [-0.25, -0.2) is 9.59 Å². The summed E-state index contributed by atoms with van der Waals surface area (Å²) in [6.45, 7) is 3.14. The van der Waals surface area contributed by atoms with E-state index in [0.29, 0.717) is 5.39 Å². The lowest BCUT2D eigenvalue weighted by Crippen LogP contribution is -2.19. The van der Waals surface area contributed by atoms with Gasteiger partial charge in [-0.05, 0) is 30.7 Å². The Morgan fingerprint density at radius 2 is 1.86 bits per heavy atom. The van der Waals surface area contributed by atoms with Gasteiger partial charge >= 0.3 is 11.9 Å². The molecule has 2 rings (SSSR count). The minimum absolute atomic E-state index is 0.0467. The van der Waals surface area contributed by atoms with Crippen molar-refractivity contribution >= 4 is 22.7 Å². The van der Waals surface area contributed by atoms with E-state index >= 15 is 0 Å². The van der Waals surface area contributed by atoms with Gasteiger partial charge in [0.1, 0.15) is 11.3 Å². The molecule has 0 fully saturated rings. The molecule has 0 bridgehead atoms. The third-order valence-electron chi connectivity index (χ3n) is 2.82. The van der Waals surface area contributed by atoms with Crippen LogP contribution in [-0.4, -0.2) is 29.8 Å². The van der Waals surface area contributed by atoms with Gasteiger partial charge in [0.05, 0.1) is 6.10 Å². The van der Waals surface area contributed by atoms with E-state index in [-0.39, 0.29) is 24.0 Å². The first kappa shape index (κ1) is 14.8. The molecule has 0 unspecified atom stereocenters. The number of carboxylic acid groups (broad SMARTS) is 1. The number of rotatable bonds is 5. The summed E-state index contributed by atoms with van der Waals surface area (Å²) in [6.07, 6.45) is -0.239. The second-order valence-electron chi connectivity index (χ2n) is 4.79. The molecular formula is C16H16O5. The summed E-state index contributed by atoms with van der Waals surface area (Å²) < 4.78 is 10.3. The van der Waals surface area contributed by atoms with Gasteiger partial charge in [-0.15, -0.1) is 0 Å². The van der Waals surface area contributed by atoms with E-state index in [4.69, 9.17) is 9.47 Å². The quantitative estimate of drug-likeness (QED) is 0.856. The summed E-state index contributed by atoms with van der Waals surface area (Å²) >= 11 is 0. The highest BCUT2D eigenvalue weighted by atomic mass is 16.6. The molecule has 0 aliphatic heterocycles. The lowest BCUT2D eigenvalue weighted by atomic mass is 10.0. The molecular weight excluding hydrogens is 272 g/mol. The standard InChI is InChI=1S/C16H16O5/c1-10(2)21-14(17)9-20-13-8-7-11-5-3-4-6-12(11)15(13)16(18)19/h3-8,10H,9H2,1-2H3,(H,18,19). The zero-order valence-corrected chi connectivity index (χ0v) is 11.8. The maximum Gasteiger partial charge on any atom is 0.344 e. The number of carbonyl (C=O) groups is 2. The van der Waals surface area contributed by atoms with Crippen LogP contribution in [0.4, 0.5) is 0 Å². The first-order chi connectivity index (χ1) is 9.99. The average molecular weight is 288 g/mol. The van der Waals surface area contributed by atoms with Crippen LogP contribution in [0, 0.1) is 0 Å². The van der Waals surface area contributed by atoms with E-state index in [2.05, 4.69) is 0 Å². The Kier molecular flexibility index (Phi) is 4.42. The minimum atomic E-state index is -1.10. The van der Waals surface area contributed by atoms with Crippen molar-refractivity contribution in [2.45, 2.75) is 20.0 Å². The van der Waals surface area contributed by atoms with E-state index in [9.17, 15) is 14.7 Å². The Morgan fingerprint density at radius 3 is 2.52 bits per heavy atom. The van der Waals surface area contributed by atoms with Gasteiger partial charge in [-0.2, -0.15) is 0 Å². The fourth-order valence-corrected chi connectivity index (χ4v) is 2.03. The lowest BCUT2D eigenvalue weighted by Gasteiger charge is -2.12. The predicted molar refractivity (Wildman–Crippen MR) is 77.6 cm³/mol.